The lowest BCUT2D eigenvalue weighted by Crippen LogP contribution is -2.61. The Hall–Kier alpha value is -3.93. The molecule has 0 radical (unpaired) electrons. The molecule has 3 aliphatic heterocycles. The van der Waals surface area contributed by atoms with Crippen LogP contribution in [-0.4, -0.2) is 179 Å². The predicted molar refractivity (Wildman–Crippen MR) is 277 cm³/mol. The predicted octanol–water partition coefficient (Wildman–Crippen LogP) is 4.15. The largest absolute Gasteiger partial charge is 0.477 e. The van der Waals surface area contributed by atoms with Crippen LogP contribution in [0, 0.1) is 23.7 Å². The minimum absolute atomic E-state index is 0.0328. The zero-order valence-corrected chi connectivity index (χ0v) is 46.8. The number of rotatable bonds is 17. The number of benzene rings is 1. The van der Waals surface area contributed by atoms with Gasteiger partial charge < -0.3 is 73.1 Å². The first-order valence-corrected chi connectivity index (χ1v) is 26.5. The highest BCUT2D eigenvalue weighted by atomic mass is 16.7. The summed E-state index contributed by atoms with van der Waals surface area (Å²) < 4.78 is 52.9. The molecule has 3 saturated heterocycles. The van der Waals surface area contributed by atoms with Crippen molar-refractivity contribution in [2.24, 2.45) is 30.7 Å². The van der Waals surface area contributed by atoms with Gasteiger partial charge in [0, 0.05) is 69.6 Å². The van der Waals surface area contributed by atoms with Crippen LogP contribution in [0.3, 0.4) is 0 Å². The average molecular weight is 1060 g/mol. The number of fused-ring (bicyclic) bond motifs is 1. The monoisotopic (exact) mass is 1060 g/mol. The van der Waals surface area contributed by atoms with Crippen molar-refractivity contribution in [1.29, 1.82) is 0 Å². The fourth-order valence-corrected chi connectivity index (χ4v) is 11.6. The van der Waals surface area contributed by atoms with Gasteiger partial charge in [-0.1, -0.05) is 33.8 Å². The van der Waals surface area contributed by atoms with E-state index in [0.29, 0.717) is 43.3 Å². The lowest BCUT2D eigenvalue weighted by atomic mass is 9.74. The molecule has 4 heterocycles. The van der Waals surface area contributed by atoms with E-state index in [-0.39, 0.29) is 49.2 Å². The summed E-state index contributed by atoms with van der Waals surface area (Å²) in [5, 5.41) is 48.3. The topological polar surface area (TPSA) is 260 Å². The number of Topliss-reactive ketones (excluding diaryl/α,β-unsaturated/α-hetero) is 1. The molecular formula is C55H87N3O17. The molecule has 3 aliphatic rings. The van der Waals surface area contributed by atoms with Crippen molar-refractivity contribution in [3.8, 4) is 0 Å². The van der Waals surface area contributed by atoms with Gasteiger partial charge >= 0.3 is 17.9 Å². The first-order chi connectivity index (χ1) is 35.0. The maximum absolute atomic E-state index is 14.5. The van der Waals surface area contributed by atoms with Crippen LogP contribution in [0.25, 0.3) is 10.9 Å². The van der Waals surface area contributed by atoms with Gasteiger partial charge in [0.25, 0.3) is 0 Å². The van der Waals surface area contributed by atoms with Gasteiger partial charge in [0.2, 0.25) is 5.43 Å². The molecule has 3 fully saturated rings. The Kier molecular flexibility index (Phi) is 21.2. The number of aromatic carboxylic acids is 1. The number of methoxy groups -OCH3 is 2. The van der Waals surface area contributed by atoms with Crippen LogP contribution in [0.4, 0.5) is 0 Å². The van der Waals surface area contributed by atoms with Gasteiger partial charge in [-0.3, -0.25) is 19.2 Å². The van der Waals surface area contributed by atoms with E-state index < -0.39 is 119 Å². The molecule has 20 nitrogen and oxygen atoms in total. The maximum Gasteiger partial charge on any atom is 0.341 e. The standard InChI is InChI=1S/C55H87N3O17/c1-16-40-55(10,67)47(63)31(4)43(60)29(2)26-53(8,68-14)48(75-52-45(62)39(57(11)12)24-30(3)70-52)32(5)46(33(6)51(66)72-40)74-42-27-54(9,69-15)49(34(7)71-42)73-41(59)21-23-56-22-17-18-35-19-20-38-36(25-35)44(61)37(50(64)65)28-58(38)13/h19-20,25,28-34,39-40,42,45-49,52,56,62-63,67H,16-18,21-24,26-27H2,1-15H3,(H,64,65)/t29-,30-,31+,32+,33-,34+,39+,40-,42+,45-,46+,47-,48-,49+,52+,53-,54-,55-/m1/s1. The second kappa shape index (κ2) is 25.7. The number of ether oxygens (including phenoxy) is 8. The molecule has 0 amide bonds. The number of esters is 2. The van der Waals surface area contributed by atoms with Crippen molar-refractivity contribution in [3.05, 3.63) is 45.7 Å². The number of carboxylic acids is 1. The molecule has 2 aromatic rings. The van der Waals surface area contributed by atoms with Crippen LogP contribution in [0.1, 0.15) is 124 Å². The normalized spacial score (nSPS) is 37.5. The number of hydrogen-bond acceptors (Lipinski definition) is 18. The molecule has 5 rings (SSSR count). The van der Waals surface area contributed by atoms with Crippen LogP contribution in [-0.2, 0) is 65.7 Å². The Morgan fingerprint density at radius 1 is 0.907 bits per heavy atom. The second-order valence-corrected chi connectivity index (χ2v) is 22.3. The van der Waals surface area contributed by atoms with Gasteiger partial charge in [-0.15, -0.1) is 0 Å². The van der Waals surface area contributed by atoms with E-state index in [2.05, 4.69) is 5.32 Å². The minimum Gasteiger partial charge on any atom is -0.477 e. The van der Waals surface area contributed by atoms with Crippen LogP contribution in [0.2, 0.25) is 0 Å². The van der Waals surface area contributed by atoms with Gasteiger partial charge in [0.05, 0.1) is 54.0 Å². The van der Waals surface area contributed by atoms with Crippen molar-refractivity contribution in [2.45, 2.75) is 198 Å². The number of aryl methyl sites for hydroxylation is 2. The van der Waals surface area contributed by atoms with E-state index >= 15 is 0 Å². The molecule has 20 heteroatoms. The number of aliphatic hydroxyl groups excluding tert-OH is 2. The third-order valence-corrected chi connectivity index (χ3v) is 16.3. The van der Waals surface area contributed by atoms with E-state index in [9.17, 15) is 44.4 Å². The molecule has 5 N–H and O–H groups in total. The van der Waals surface area contributed by atoms with Crippen molar-refractivity contribution in [3.63, 3.8) is 0 Å². The number of hydrogen-bond donors (Lipinski definition) is 5. The quantitative estimate of drug-likeness (QED) is 0.110. The summed E-state index contributed by atoms with van der Waals surface area (Å²) in [6, 6.07) is 5.10. The molecular weight excluding hydrogens is 975 g/mol. The fraction of sp³-hybridized carbons (Fsp3) is 0.764. The van der Waals surface area contributed by atoms with Gasteiger partial charge in [-0.05, 0) is 112 Å². The van der Waals surface area contributed by atoms with Crippen LogP contribution in [0.15, 0.2) is 29.2 Å². The van der Waals surface area contributed by atoms with Crippen molar-refractivity contribution in [1.82, 2.24) is 14.8 Å². The summed E-state index contributed by atoms with van der Waals surface area (Å²) in [5.74, 6) is -6.61. The number of pyridine rings is 1. The fourth-order valence-electron chi connectivity index (χ4n) is 11.6. The average Bonchev–Trinajstić information content (AvgIpc) is 3.36. The molecule has 1 aromatic heterocycles. The molecule has 75 heavy (non-hydrogen) atoms. The van der Waals surface area contributed by atoms with E-state index in [1.165, 1.54) is 34.3 Å². The molecule has 424 valence electrons. The van der Waals surface area contributed by atoms with Gasteiger partial charge in [0.1, 0.15) is 34.8 Å². The Bertz CT molecular complexity index is 2340. The Morgan fingerprint density at radius 3 is 2.17 bits per heavy atom. The van der Waals surface area contributed by atoms with Crippen LogP contribution >= 0.6 is 0 Å². The first-order valence-electron chi connectivity index (χ1n) is 26.5. The van der Waals surface area contributed by atoms with Gasteiger partial charge in [-0.2, -0.15) is 0 Å². The van der Waals surface area contributed by atoms with E-state index in [4.69, 9.17) is 37.9 Å². The SMILES string of the molecule is CC[C@H]1OC(=O)[C@H](C)[C@@H](O[C@H]2C[C@@](C)(OC)[C@@H](OC(=O)CCNCCCc3ccc4c(c3)c(=O)c(C(=O)O)cn4C)[C@H](C)O2)[C@H](C)[C@@H](O[C@@H]2O[C@H](C)C[C@H](N(C)C)[C@H]2O)[C@](C)(OC)C[C@@H](C)C(=O)[C@H](C)[C@@H](O)[C@]1(C)O. The molecule has 0 spiro atoms. The Balaban J connectivity index is 1.36. The third-order valence-electron chi connectivity index (χ3n) is 16.3. The summed E-state index contributed by atoms with van der Waals surface area (Å²) in [5.41, 5.74) is -3.83. The Morgan fingerprint density at radius 2 is 1.56 bits per heavy atom. The lowest BCUT2D eigenvalue weighted by molar-refractivity contribution is -0.320. The summed E-state index contributed by atoms with van der Waals surface area (Å²) in [4.78, 5) is 68.6. The number of ketones is 1. The molecule has 0 aliphatic carbocycles. The minimum atomic E-state index is -2.03. The number of carbonyl (C=O) groups is 4. The number of nitrogens with one attached hydrogen (secondary N) is 1. The van der Waals surface area contributed by atoms with E-state index in [1.54, 1.807) is 65.3 Å². The number of likely N-dealkylation sites (N-methyl/N-ethyl adjacent to an activating group) is 1. The molecule has 0 unspecified atom stereocenters. The highest BCUT2D eigenvalue weighted by Gasteiger charge is 2.55. The van der Waals surface area contributed by atoms with Gasteiger partial charge in [-0.25, -0.2) is 4.79 Å². The zero-order valence-electron chi connectivity index (χ0n) is 46.8. The first kappa shape index (κ1) is 61.9. The third kappa shape index (κ3) is 14.0. The van der Waals surface area contributed by atoms with Crippen molar-refractivity contribution >= 4 is 34.6 Å². The van der Waals surface area contributed by atoms with Crippen LogP contribution < -0.4 is 10.7 Å². The number of carboxylic acid groups (broad SMARTS) is 1. The molecule has 0 saturated carbocycles. The smallest absolute Gasteiger partial charge is 0.341 e. The number of aliphatic hydroxyl groups is 3. The summed E-state index contributed by atoms with van der Waals surface area (Å²) >= 11 is 0. The Labute approximate surface area is 442 Å². The lowest BCUT2D eigenvalue weighted by Gasteiger charge is -2.50. The molecule has 0 bridgehead atoms. The van der Waals surface area contributed by atoms with Crippen molar-refractivity contribution in [2.75, 3.05) is 41.4 Å². The van der Waals surface area contributed by atoms with E-state index in [0.717, 1.165) is 5.56 Å². The van der Waals surface area contributed by atoms with Crippen molar-refractivity contribution < 1.29 is 77.5 Å². The van der Waals surface area contributed by atoms with Crippen LogP contribution in [0.5, 0.6) is 0 Å². The number of nitrogens with zero attached hydrogens (tertiary/aromatic N) is 2. The number of carbonyl (C=O) groups excluding carboxylic acids is 3. The molecule has 18 atom stereocenters. The summed E-state index contributed by atoms with van der Waals surface area (Å²) in [6.45, 7) is 17.8. The molecule has 1 aromatic carbocycles. The highest BCUT2D eigenvalue weighted by molar-refractivity contribution is 5.92. The van der Waals surface area contributed by atoms with E-state index in [1.807, 2.05) is 38.9 Å². The van der Waals surface area contributed by atoms with Gasteiger partial charge in [0.15, 0.2) is 18.7 Å². The zero-order chi connectivity index (χ0) is 56.1. The number of cyclic esters (lactones) is 1. The maximum atomic E-state index is 14.5. The second-order valence-electron chi connectivity index (χ2n) is 22.3. The number of aromatic nitrogens is 1. The summed E-state index contributed by atoms with van der Waals surface area (Å²) in [6.07, 6.45) is -6.95. The summed E-state index contributed by atoms with van der Waals surface area (Å²) in [7, 11) is 8.41. The highest BCUT2D eigenvalue weighted by Crippen LogP contribution is 2.42.